The van der Waals surface area contributed by atoms with Gasteiger partial charge in [0.15, 0.2) is 0 Å². The van der Waals surface area contributed by atoms with Crippen LogP contribution in [0.25, 0.3) is 0 Å². The van der Waals surface area contributed by atoms with Crippen molar-refractivity contribution in [3.63, 3.8) is 0 Å². The molecule has 0 aliphatic carbocycles. The zero-order valence-corrected chi connectivity index (χ0v) is 14.0. The van der Waals surface area contributed by atoms with E-state index < -0.39 is 10.0 Å². The summed E-state index contributed by atoms with van der Waals surface area (Å²) in [5, 5.41) is 0.364. The summed E-state index contributed by atoms with van der Waals surface area (Å²) >= 11 is 5.79. The molecule has 1 aromatic carbocycles. The van der Waals surface area contributed by atoms with Crippen LogP contribution in [-0.2, 0) is 14.8 Å². The maximum atomic E-state index is 12.1. The molecule has 0 bridgehead atoms. The van der Waals surface area contributed by atoms with Crippen molar-refractivity contribution in [2.24, 2.45) is 5.92 Å². The van der Waals surface area contributed by atoms with Crippen LogP contribution < -0.4 is 4.72 Å². The molecule has 0 saturated heterocycles. The molecule has 118 valence electrons. The monoisotopic (exact) mass is 332 g/mol. The van der Waals surface area contributed by atoms with Crippen LogP contribution in [0.5, 0.6) is 0 Å². The van der Waals surface area contributed by atoms with Crippen molar-refractivity contribution in [1.29, 1.82) is 0 Å². The van der Waals surface area contributed by atoms with Crippen molar-refractivity contribution in [2.45, 2.75) is 25.7 Å². The molecule has 0 aromatic heterocycles. The van der Waals surface area contributed by atoms with Gasteiger partial charge in [-0.25, -0.2) is 13.1 Å². The molecule has 21 heavy (non-hydrogen) atoms. The van der Waals surface area contributed by atoms with Gasteiger partial charge in [0.05, 0.1) is 4.90 Å². The van der Waals surface area contributed by atoms with Crippen molar-refractivity contribution in [2.75, 3.05) is 19.6 Å². The quantitative estimate of drug-likeness (QED) is 0.831. The standard InChI is InChI=1S/C14H21ClN2O3S/c1-11(2)10-17(12(3)18)8-7-16-21(19,20)14-6-4-5-13(15)9-14/h4-6,9,11,16H,7-8,10H2,1-3H3. The lowest BCUT2D eigenvalue weighted by Crippen LogP contribution is -2.39. The molecule has 0 aliphatic heterocycles. The van der Waals surface area contributed by atoms with Gasteiger partial charge in [0.2, 0.25) is 15.9 Å². The molecule has 0 atom stereocenters. The Bertz CT molecular complexity index is 588. The van der Waals surface area contributed by atoms with Gasteiger partial charge in [-0.3, -0.25) is 4.79 Å². The Kier molecular flexibility index (Phi) is 6.64. The Hall–Kier alpha value is -1.11. The third kappa shape index (κ3) is 6.03. The fourth-order valence-electron chi connectivity index (χ4n) is 1.85. The number of nitrogens with one attached hydrogen (secondary N) is 1. The summed E-state index contributed by atoms with van der Waals surface area (Å²) in [5.41, 5.74) is 0. The van der Waals surface area contributed by atoms with Crippen molar-refractivity contribution < 1.29 is 13.2 Å². The second-order valence-electron chi connectivity index (χ2n) is 5.21. The predicted molar refractivity (Wildman–Crippen MR) is 83.7 cm³/mol. The zero-order chi connectivity index (χ0) is 16.0. The second-order valence-corrected chi connectivity index (χ2v) is 7.42. The van der Waals surface area contributed by atoms with Crippen molar-refractivity contribution in [1.82, 2.24) is 9.62 Å². The fraction of sp³-hybridized carbons (Fsp3) is 0.500. The first-order valence-corrected chi connectivity index (χ1v) is 8.59. The van der Waals surface area contributed by atoms with Crippen LogP contribution in [0.15, 0.2) is 29.2 Å². The van der Waals surface area contributed by atoms with Crippen LogP contribution >= 0.6 is 11.6 Å². The first-order chi connectivity index (χ1) is 9.72. The van der Waals surface area contributed by atoms with Gasteiger partial charge in [0, 0.05) is 31.6 Å². The topological polar surface area (TPSA) is 66.5 Å². The van der Waals surface area contributed by atoms with Gasteiger partial charge in [-0.1, -0.05) is 31.5 Å². The number of rotatable bonds is 7. The first kappa shape index (κ1) is 17.9. The molecule has 5 nitrogen and oxygen atoms in total. The summed E-state index contributed by atoms with van der Waals surface area (Å²) in [6.07, 6.45) is 0. The van der Waals surface area contributed by atoms with E-state index in [1.165, 1.54) is 19.1 Å². The minimum atomic E-state index is -3.61. The predicted octanol–water partition coefficient (Wildman–Crippen LogP) is 2.12. The third-order valence-corrected chi connectivity index (χ3v) is 4.50. The molecule has 1 amide bonds. The van der Waals surface area contributed by atoms with E-state index in [1.807, 2.05) is 13.8 Å². The van der Waals surface area contributed by atoms with Crippen LogP contribution in [0.2, 0.25) is 5.02 Å². The van der Waals surface area contributed by atoms with Gasteiger partial charge in [0.25, 0.3) is 0 Å². The lowest BCUT2D eigenvalue weighted by molar-refractivity contribution is -0.129. The smallest absolute Gasteiger partial charge is 0.240 e. The second kappa shape index (κ2) is 7.77. The van der Waals surface area contributed by atoms with E-state index in [9.17, 15) is 13.2 Å². The molecule has 0 radical (unpaired) electrons. The molecule has 0 aliphatic rings. The number of hydrogen-bond donors (Lipinski definition) is 1. The lowest BCUT2D eigenvalue weighted by Gasteiger charge is -2.23. The summed E-state index contributed by atoms with van der Waals surface area (Å²) < 4.78 is 26.7. The van der Waals surface area contributed by atoms with E-state index in [0.717, 1.165) is 0 Å². The highest BCUT2D eigenvalue weighted by Crippen LogP contribution is 2.14. The molecule has 1 rings (SSSR count). The largest absolute Gasteiger partial charge is 0.341 e. The number of nitrogens with zero attached hydrogens (tertiary/aromatic N) is 1. The lowest BCUT2D eigenvalue weighted by atomic mass is 10.2. The van der Waals surface area contributed by atoms with Gasteiger partial charge in [-0.15, -0.1) is 0 Å². The molecule has 0 fully saturated rings. The van der Waals surface area contributed by atoms with E-state index >= 15 is 0 Å². The number of halogens is 1. The molecule has 0 saturated carbocycles. The van der Waals surface area contributed by atoms with Gasteiger partial charge in [-0.2, -0.15) is 0 Å². The SMILES string of the molecule is CC(=O)N(CCNS(=O)(=O)c1cccc(Cl)c1)CC(C)C. The van der Waals surface area contributed by atoms with Crippen molar-refractivity contribution in [3.05, 3.63) is 29.3 Å². The maximum Gasteiger partial charge on any atom is 0.240 e. The number of sulfonamides is 1. The van der Waals surface area contributed by atoms with Gasteiger partial charge >= 0.3 is 0 Å². The average Bonchev–Trinajstić information content (AvgIpc) is 2.36. The van der Waals surface area contributed by atoms with Crippen LogP contribution in [0, 0.1) is 5.92 Å². The normalized spacial score (nSPS) is 11.7. The average molecular weight is 333 g/mol. The molecular formula is C14H21ClN2O3S. The molecule has 1 aromatic rings. The van der Waals surface area contributed by atoms with E-state index in [0.29, 0.717) is 24.0 Å². The summed E-state index contributed by atoms with van der Waals surface area (Å²) in [5.74, 6) is 0.268. The fourth-order valence-corrected chi connectivity index (χ4v) is 3.17. The van der Waals surface area contributed by atoms with E-state index in [4.69, 9.17) is 11.6 Å². The van der Waals surface area contributed by atoms with Crippen LogP contribution in [-0.4, -0.2) is 38.9 Å². The van der Waals surface area contributed by atoms with Crippen LogP contribution in [0.1, 0.15) is 20.8 Å². The van der Waals surface area contributed by atoms with Gasteiger partial charge < -0.3 is 4.90 Å². The summed E-state index contributed by atoms with van der Waals surface area (Å²) in [6, 6.07) is 6.06. The highest BCUT2D eigenvalue weighted by molar-refractivity contribution is 7.89. The minimum Gasteiger partial charge on any atom is -0.341 e. The van der Waals surface area contributed by atoms with Gasteiger partial charge in [-0.05, 0) is 24.1 Å². The molecule has 0 unspecified atom stereocenters. The molecule has 1 N–H and O–H groups in total. The molecule has 0 heterocycles. The van der Waals surface area contributed by atoms with E-state index in [1.54, 1.807) is 17.0 Å². The Balaban J connectivity index is 2.63. The summed E-state index contributed by atoms with van der Waals surface area (Å²) in [7, 11) is -3.61. The molecule has 7 heteroatoms. The number of hydrogen-bond acceptors (Lipinski definition) is 3. The molecule has 0 spiro atoms. The van der Waals surface area contributed by atoms with Crippen molar-refractivity contribution >= 4 is 27.5 Å². The summed E-state index contributed by atoms with van der Waals surface area (Å²) in [6.45, 7) is 6.61. The Morgan fingerprint density at radius 3 is 2.57 bits per heavy atom. The van der Waals surface area contributed by atoms with Crippen molar-refractivity contribution in [3.8, 4) is 0 Å². The number of benzene rings is 1. The number of carbonyl (C=O) groups excluding carboxylic acids is 1. The van der Waals surface area contributed by atoms with Crippen LogP contribution in [0.4, 0.5) is 0 Å². The van der Waals surface area contributed by atoms with Crippen LogP contribution in [0.3, 0.4) is 0 Å². The highest BCUT2D eigenvalue weighted by atomic mass is 35.5. The van der Waals surface area contributed by atoms with E-state index in [-0.39, 0.29) is 17.3 Å². The third-order valence-electron chi connectivity index (χ3n) is 2.81. The Labute approximate surface area is 131 Å². The Morgan fingerprint density at radius 1 is 1.38 bits per heavy atom. The van der Waals surface area contributed by atoms with Gasteiger partial charge in [0.1, 0.15) is 0 Å². The molecular weight excluding hydrogens is 312 g/mol. The number of carbonyl (C=O) groups is 1. The Morgan fingerprint density at radius 2 is 2.05 bits per heavy atom. The minimum absolute atomic E-state index is 0.0642. The summed E-state index contributed by atoms with van der Waals surface area (Å²) in [4.78, 5) is 13.2. The van der Waals surface area contributed by atoms with E-state index in [2.05, 4.69) is 4.72 Å². The highest BCUT2D eigenvalue weighted by Gasteiger charge is 2.16. The number of amides is 1. The zero-order valence-electron chi connectivity index (χ0n) is 12.5. The maximum absolute atomic E-state index is 12.1. The first-order valence-electron chi connectivity index (χ1n) is 6.73.